The predicted molar refractivity (Wildman–Crippen MR) is 72.8 cm³/mol. The van der Waals surface area contributed by atoms with E-state index in [0.29, 0.717) is 5.92 Å². The van der Waals surface area contributed by atoms with E-state index >= 15 is 0 Å². The molecule has 114 valence electrons. The molecular weight excluding hydrogens is 279 g/mol. The minimum atomic E-state index is -4.51. The van der Waals surface area contributed by atoms with Gasteiger partial charge in [0.05, 0.1) is 23.3 Å². The van der Waals surface area contributed by atoms with Gasteiger partial charge in [0.2, 0.25) is 0 Å². The SMILES string of the molecule is CCC1CCCC(Oc2ccc(C#N)cc2C(F)(F)F)C1. The summed E-state index contributed by atoms with van der Waals surface area (Å²) in [6.45, 7) is 2.09. The van der Waals surface area contributed by atoms with E-state index in [9.17, 15) is 13.2 Å². The molecule has 0 saturated heterocycles. The Balaban J connectivity index is 2.21. The molecule has 5 heteroatoms. The number of halogens is 3. The van der Waals surface area contributed by atoms with Crippen LogP contribution in [0.5, 0.6) is 5.75 Å². The van der Waals surface area contributed by atoms with E-state index in [1.165, 1.54) is 12.1 Å². The molecule has 0 radical (unpaired) electrons. The maximum Gasteiger partial charge on any atom is 0.420 e. The van der Waals surface area contributed by atoms with Crippen LogP contribution in [0.2, 0.25) is 0 Å². The molecule has 1 aliphatic carbocycles. The lowest BCUT2D eigenvalue weighted by atomic mass is 9.85. The Morgan fingerprint density at radius 1 is 1.33 bits per heavy atom. The number of ether oxygens (including phenoxy) is 1. The van der Waals surface area contributed by atoms with Gasteiger partial charge >= 0.3 is 6.18 Å². The Morgan fingerprint density at radius 2 is 2.10 bits per heavy atom. The molecule has 0 N–H and O–H groups in total. The highest BCUT2D eigenvalue weighted by atomic mass is 19.4. The molecule has 0 spiro atoms. The van der Waals surface area contributed by atoms with Gasteiger partial charge in [-0.3, -0.25) is 0 Å². The standard InChI is InChI=1S/C16H18F3NO/c1-2-11-4-3-5-13(8-11)21-15-7-6-12(10-20)9-14(15)16(17,18)19/h6-7,9,11,13H,2-5,8H2,1H3. The first-order valence-corrected chi connectivity index (χ1v) is 7.22. The highest BCUT2D eigenvalue weighted by Gasteiger charge is 2.35. The van der Waals surface area contributed by atoms with Crippen LogP contribution >= 0.6 is 0 Å². The van der Waals surface area contributed by atoms with Crippen molar-refractivity contribution >= 4 is 0 Å². The third-order valence-electron chi connectivity index (χ3n) is 4.02. The third kappa shape index (κ3) is 3.90. The zero-order valence-electron chi connectivity index (χ0n) is 11.9. The molecule has 1 aliphatic rings. The highest BCUT2D eigenvalue weighted by molar-refractivity contribution is 5.43. The van der Waals surface area contributed by atoms with E-state index < -0.39 is 11.7 Å². The van der Waals surface area contributed by atoms with E-state index in [1.807, 2.05) is 0 Å². The molecular formula is C16H18F3NO. The van der Waals surface area contributed by atoms with Gasteiger partial charge in [0.15, 0.2) is 0 Å². The summed E-state index contributed by atoms with van der Waals surface area (Å²) in [6, 6.07) is 5.21. The van der Waals surface area contributed by atoms with Gasteiger partial charge in [0, 0.05) is 0 Å². The van der Waals surface area contributed by atoms with Crippen molar-refractivity contribution in [2.24, 2.45) is 5.92 Å². The first kappa shape index (κ1) is 15.7. The Labute approximate surface area is 122 Å². The fourth-order valence-corrected chi connectivity index (χ4v) is 2.82. The fourth-order valence-electron chi connectivity index (χ4n) is 2.82. The van der Waals surface area contributed by atoms with Crippen molar-refractivity contribution in [2.75, 3.05) is 0 Å². The minimum Gasteiger partial charge on any atom is -0.490 e. The maximum absolute atomic E-state index is 13.1. The molecule has 1 aromatic carbocycles. The second kappa shape index (κ2) is 6.38. The molecule has 2 rings (SSSR count). The summed E-state index contributed by atoms with van der Waals surface area (Å²) in [5.41, 5.74) is -0.870. The summed E-state index contributed by atoms with van der Waals surface area (Å²) in [5.74, 6) is 0.361. The normalized spacial score (nSPS) is 22.6. The van der Waals surface area contributed by atoms with Crippen LogP contribution in [0.15, 0.2) is 18.2 Å². The zero-order valence-corrected chi connectivity index (χ0v) is 11.9. The molecule has 21 heavy (non-hydrogen) atoms. The Hall–Kier alpha value is -1.70. The average Bonchev–Trinajstić information content (AvgIpc) is 2.46. The van der Waals surface area contributed by atoms with Crippen molar-refractivity contribution < 1.29 is 17.9 Å². The number of benzene rings is 1. The fraction of sp³-hybridized carbons (Fsp3) is 0.562. The lowest BCUT2D eigenvalue weighted by molar-refractivity contribution is -0.139. The minimum absolute atomic E-state index is 0.00949. The molecule has 0 amide bonds. The van der Waals surface area contributed by atoms with Crippen LogP contribution in [0.4, 0.5) is 13.2 Å². The smallest absolute Gasteiger partial charge is 0.420 e. The van der Waals surface area contributed by atoms with Crippen LogP contribution in [-0.2, 0) is 6.18 Å². The van der Waals surface area contributed by atoms with Crippen molar-refractivity contribution in [1.82, 2.24) is 0 Å². The molecule has 2 atom stereocenters. The Morgan fingerprint density at radius 3 is 2.71 bits per heavy atom. The molecule has 0 aromatic heterocycles. The molecule has 2 unspecified atom stereocenters. The second-order valence-electron chi connectivity index (χ2n) is 5.50. The molecule has 2 nitrogen and oxygen atoms in total. The lowest BCUT2D eigenvalue weighted by Crippen LogP contribution is -2.26. The van der Waals surface area contributed by atoms with Gasteiger partial charge in [-0.05, 0) is 43.4 Å². The van der Waals surface area contributed by atoms with Gasteiger partial charge in [-0.2, -0.15) is 18.4 Å². The summed E-state index contributed by atoms with van der Waals surface area (Å²) in [5, 5.41) is 8.75. The van der Waals surface area contributed by atoms with Gasteiger partial charge < -0.3 is 4.74 Å². The molecule has 0 aliphatic heterocycles. The zero-order chi connectivity index (χ0) is 15.5. The summed E-state index contributed by atoms with van der Waals surface area (Å²) in [4.78, 5) is 0. The first-order valence-electron chi connectivity index (χ1n) is 7.22. The first-order chi connectivity index (χ1) is 9.94. The van der Waals surface area contributed by atoms with Gasteiger partial charge in [-0.25, -0.2) is 0 Å². The van der Waals surface area contributed by atoms with E-state index in [4.69, 9.17) is 10.00 Å². The third-order valence-corrected chi connectivity index (χ3v) is 4.02. The van der Waals surface area contributed by atoms with Crippen molar-refractivity contribution in [1.29, 1.82) is 5.26 Å². The lowest BCUT2D eigenvalue weighted by Gasteiger charge is -2.29. The van der Waals surface area contributed by atoms with E-state index in [1.54, 1.807) is 6.07 Å². The summed E-state index contributed by atoms with van der Waals surface area (Å²) >= 11 is 0. The summed E-state index contributed by atoms with van der Waals surface area (Å²) in [6.07, 6.45) is 0.0382. The van der Waals surface area contributed by atoms with Crippen LogP contribution in [-0.4, -0.2) is 6.10 Å². The highest BCUT2D eigenvalue weighted by Crippen LogP contribution is 2.38. The largest absolute Gasteiger partial charge is 0.490 e. The number of hydrogen-bond acceptors (Lipinski definition) is 2. The van der Waals surface area contributed by atoms with Crippen molar-refractivity contribution in [3.8, 4) is 11.8 Å². The number of nitriles is 1. The van der Waals surface area contributed by atoms with Gasteiger partial charge in [0.25, 0.3) is 0 Å². The second-order valence-corrected chi connectivity index (χ2v) is 5.50. The number of hydrogen-bond donors (Lipinski definition) is 0. The van der Waals surface area contributed by atoms with Crippen LogP contribution < -0.4 is 4.74 Å². The van der Waals surface area contributed by atoms with Crippen molar-refractivity contribution in [3.05, 3.63) is 29.3 Å². The number of alkyl halides is 3. The number of rotatable bonds is 3. The molecule has 0 bridgehead atoms. The average molecular weight is 297 g/mol. The van der Waals surface area contributed by atoms with Crippen LogP contribution in [0, 0.1) is 17.2 Å². The summed E-state index contributed by atoms with van der Waals surface area (Å²) < 4.78 is 44.8. The van der Waals surface area contributed by atoms with Crippen molar-refractivity contribution in [2.45, 2.75) is 51.3 Å². The molecule has 1 aromatic rings. The monoisotopic (exact) mass is 297 g/mol. The summed E-state index contributed by atoms with van der Waals surface area (Å²) in [7, 11) is 0. The van der Waals surface area contributed by atoms with Crippen LogP contribution in [0.25, 0.3) is 0 Å². The predicted octanol–water partition coefficient (Wildman–Crippen LogP) is 4.92. The van der Waals surface area contributed by atoms with E-state index in [0.717, 1.165) is 38.2 Å². The van der Waals surface area contributed by atoms with Gasteiger partial charge in [0.1, 0.15) is 5.75 Å². The van der Waals surface area contributed by atoms with E-state index in [-0.39, 0.29) is 17.4 Å². The quantitative estimate of drug-likeness (QED) is 0.793. The Bertz CT molecular complexity index is 533. The van der Waals surface area contributed by atoms with Crippen LogP contribution in [0.1, 0.15) is 50.2 Å². The molecule has 1 saturated carbocycles. The van der Waals surface area contributed by atoms with Crippen molar-refractivity contribution in [3.63, 3.8) is 0 Å². The van der Waals surface area contributed by atoms with Gasteiger partial charge in [-0.1, -0.05) is 19.8 Å². The Kier molecular flexibility index (Phi) is 4.76. The number of nitrogens with zero attached hydrogens (tertiary/aromatic N) is 1. The topological polar surface area (TPSA) is 33.0 Å². The van der Waals surface area contributed by atoms with Gasteiger partial charge in [-0.15, -0.1) is 0 Å². The maximum atomic E-state index is 13.1. The molecule has 0 heterocycles. The molecule has 1 fully saturated rings. The van der Waals surface area contributed by atoms with E-state index in [2.05, 4.69) is 6.92 Å². The van der Waals surface area contributed by atoms with Crippen LogP contribution in [0.3, 0.4) is 0 Å².